The molecule has 0 unspecified atom stereocenters. The summed E-state index contributed by atoms with van der Waals surface area (Å²) in [6.07, 6.45) is 3.90. The Bertz CT molecular complexity index is 1470. The Morgan fingerprint density at radius 1 is 0.950 bits per heavy atom. The third-order valence-electron chi connectivity index (χ3n) is 7.74. The minimum absolute atomic E-state index is 0.0801. The summed E-state index contributed by atoms with van der Waals surface area (Å²) in [6, 6.07) is 19.5. The van der Waals surface area contributed by atoms with E-state index in [1.807, 2.05) is 83.4 Å². The molecule has 2 amide bonds. The van der Waals surface area contributed by atoms with Gasteiger partial charge >= 0.3 is 0 Å². The number of aryl methyl sites for hydroxylation is 1. The van der Waals surface area contributed by atoms with Crippen LogP contribution >= 0.6 is 0 Å². The van der Waals surface area contributed by atoms with E-state index in [1.54, 1.807) is 14.2 Å². The normalized spacial score (nSPS) is 13.9. The van der Waals surface area contributed by atoms with E-state index in [-0.39, 0.29) is 11.8 Å². The molecule has 1 N–H and O–H groups in total. The minimum Gasteiger partial charge on any atom is -0.497 e. The second kappa shape index (κ2) is 12.3. The molecule has 40 heavy (non-hydrogen) atoms. The lowest BCUT2D eigenvalue weighted by molar-refractivity contribution is 0.0681. The van der Waals surface area contributed by atoms with Gasteiger partial charge in [0.25, 0.3) is 11.8 Å². The highest BCUT2D eigenvalue weighted by Crippen LogP contribution is 2.26. The summed E-state index contributed by atoms with van der Waals surface area (Å²) in [6.45, 7) is 5.18. The molecule has 1 saturated heterocycles. The van der Waals surface area contributed by atoms with Gasteiger partial charge in [0.15, 0.2) is 0 Å². The van der Waals surface area contributed by atoms with Crippen LogP contribution in [0.3, 0.4) is 0 Å². The van der Waals surface area contributed by atoms with Gasteiger partial charge in [0.1, 0.15) is 5.75 Å². The van der Waals surface area contributed by atoms with E-state index in [1.165, 1.54) is 0 Å². The van der Waals surface area contributed by atoms with Gasteiger partial charge in [-0.3, -0.25) is 14.3 Å². The topological polar surface area (TPSA) is 85.7 Å². The predicted molar refractivity (Wildman–Crippen MR) is 156 cm³/mol. The number of amides is 2. The van der Waals surface area contributed by atoms with Crippen molar-refractivity contribution in [2.24, 2.45) is 5.92 Å². The van der Waals surface area contributed by atoms with Gasteiger partial charge in [-0.05, 0) is 78.8 Å². The highest BCUT2D eigenvalue weighted by atomic mass is 16.5. The fraction of sp³-hybridized carbons (Fsp3) is 0.344. The van der Waals surface area contributed by atoms with Crippen LogP contribution in [0.2, 0.25) is 0 Å². The van der Waals surface area contributed by atoms with E-state index in [0.29, 0.717) is 30.2 Å². The molecular formula is C32H36N4O4. The van der Waals surface area contributed by atoms with Crippen LogP contribution in [0, 0.1) is 12.8 Å². The van der Waals surface area contributed by atoms with Gasteiger partial charge in [-0.1, -0.05) is 24.3 Å². The van der Waals surface area contributed by atoms with Gasteiger partial charge in [0.2, 0.25) is 0 Å². The first-order chi connectivity index (χ1) is 19.5. The maximum Gasteiger partial charge on any atom is 0.253 e. The van der Waals surface area contributed by atoms with Gasteiger partial charge < -0.3 is 19.7 Å². The maximum atomic E-state index is 13.2. The monoisotopic (exact) mass is 540 g/mol. The first kappa shape index (κ1) is 27.4. The lowest BCUT2D eigenvalue weighted by Crippen LogP contribution is -2.39. The molecule has 4 aromatic rings. The van der Waals surface area contributed by atoms with E-state index in [4.69, 9.17) is 14.6 Å². The largest absolute Gasteiger partial charge is 0.497 e. The van der Waals surface area contributed by atoms with Crippen molar-refractivity contribution < 1.29 is 19.1 Å². The van der Waals surface area contributed by atoms with Crippen molar-refractivity contribution in [1.82, 2.24) is 20.0 Å². The van der Waals surface area contributed by atoms with Gasteiger partial charge in [0.05, 0.1) is 19.2 Å². The van der Waals surface area contributed by atoms with Gasteiger partial charge in [-0.25, -0.2) is 0 Å². The standard InChI is InChI=1S/C32H36N4O4/c1-22-28(31(37)33-16-19-39-2)12-13-30-29(22)21-36(34-30)20-23-14-17-35(18-15-23)32(38)26-6-4-24(5-7-26)25-8-10-27(40-3)11-9-25/h4-13,21,23H,14-20H2,1-3H3,(H,33,37). The summed E-state index contributed by atoms with van der Waals surface area (Å²) in [5.74, 6) is 1.24. The van der Waals surface area contributed by atoms with Crippen LogP contribution in [0.1, 0.15) is 39.1 Å². The number of rotatable bonds is 9. The highest BCUT2D eigenvalue weighted by molar-refractivity contribution is 6.00. The summed E-state index contributed by atoms with van der Waals surface area (Å²) in [5, 5.41) is 8.65. The Kier molecular flexibility index (Phi) is 8.45. The third-order valence-corrected chi connectivity index (χ3v) is 7.74. The van der Waals surface area contributed by atoms with Crippen molar-refractivity contribution in [3.63, 3.8) is 0 Å². The van der Waals surface area contributed by atoms with Crippen molar-refractivity contribution >= 4 is 22.7 Å². The second-order valence-corrected chi connectivity index (χ2v) is 10.3. The number of ether oxygens (including phenoxy) is 2. The molecule has 0 spiro atoms. The molecule has 1 aliphatic heterocycles. The molecule has 0 radical (unpaired) electrons. The average molecular weight is 541 g/mol. The molecule has 1 aliphatic rings. The molecule has 3 aromatic carbocycles. The van der Waals surface area contributed by atoms with Crippen molar-refractivity contribution in [3.05, 3.63) is 83.6 Å². The third kappa shape index (κ3) is 6.02. The Morgan fingerprint density at radius 3 is 2.27 bits per heavy atom. The summed E-state index contributed by atoms with van der Waals surface area (Å²) in [4.78, 5) is 27.7. The molecule has 1 fully saturated rings. The average Bonchev–Trinajstić information content (AvgIpc) is 3.41. The lowest BCUT2D eigenvalue weighted by atomic mass is 9.96. The van der Waals surface area contributed by atoms with Crippen molar-refractivity contribution in [2.75, 3.05) is 40.5 Å². The Labute approximate surface area is 234 Å². The van der Waals surface area contributed by atoms with Crippen molar-refractivity contribution in [2.45, 2.75) is 26.3 Å². The summed E-state index contributed by atoms with van der Waals surface area (Å²) in [7, 11) is 3.27. The number of fused-ring (bicyclic) bond motifs is 1. The molecule has 8 heteroatoms. The zero-order chi connectivity index (χ0) is 28.1. The van der Waals surface area contributed by atoms with Crippen LogP contribution in [0.25, 0.3) is 22.0 Å². The van der Waals surface area contributed by atoms with Crippen molar-refractivity contribution in [3.8, 4) is 16.9 Å². The smallest absolute Gasteiger partial charge is 0.253 e. The van der Waals surface area contributed by atoms with E-state index in [2.05, 4.69) is 5.32 Å². The van der Waals surface area contributed by atoms with Gasteiger partial charge in [-0.15, -0.1) is 0 Å². The number of nitrogens with zero attached hydrogens (tertiary/aromatic N) is 3. The van der Waals surface area contributed by atoms with Gasteiger partial charge in [-0.2, -0.15) is 5.10 Å². The first-order valence-corrected chi connectivity index (χ1v) is 13.7. The van der Waals surface area contributed by atoms with Crippen molar-refractivity contribution in [1.29, 1.82) is 0 Å². The van der Waals surface area contributed by atoms with E-state index in [9.17, 15) is 9.59 Å². The number of carbonyl (C=O) groups excluding carboxylic acids is 2. The Balaban J connectivity index is 1.17. The van der Waals surface area contributed by atoms with Crippen LogP contribution < -0.4 is 10.1 Å². The highest BCUT2D eigenvalue weighted by Gasteiger charge is 2.24. The van der Waals surface area contributed by atoms with Crippen LogP contribution in [0.5, 0.6) is 5.75 Å². The molecule has 0 saturated carbocycles. The quantitative estimate of drug-likeness (QED) is 0.304. The molecule has 2 heterocycles. The second-order valence-electron chi connectivity index (χ2n) is 10.3. The fourth-order valence-corrected chi connectivity index (χ4v) is 5.34. The number of aromatic nitrogens is 2. The number of piperidine rings is 1. The summed E-state index contributed by atoms with van der Waals surface area (Å²) < 4.78 is 12.2. The molecule has 5 rings (SSSR count). The Hall–Kier alpha value is -4.17. The first-order valence-electron chi connectivity index (χ1n) is 13.7. The number of nitrogens with one attached hydrogen (secondary N) is 1. The molecule has 0 bridgehead atoms. The van der Waals surface area contributed by atoms with Crippen LogP contribution in [-0.2, 0) is 11.3 Å². The number of benzene rings is 3. The molecule has 1 aromatic heterocycles. The zero-order valence-electron chi connectivity index (χ0n) is 23.4. The number of methoxy groups -OCH3 is 2. The maximum absolute atomic E-state index is 13.2. The van der Waals surface area contributed by atoms with E-state index >= 15 is 0 Å². The van der Waals surface area contributed by atoms with E-state index < -0.39 is 0 Å². The van der Waals surface area contributed by atoms with Crippen LogP contribution in [0.4, 0.5) is 0 Å². The number of hydrogen-bond donors (Lipinski definition) is 1. The van der Waals surface area contributed by atoms with Crippen LogP contribution in [0.15, 0.2) is 66.9 Å². The zero-order valence-corrected chi connectivity index (χ0v) is 23.4. The van der Waals surface area contributed by atoms with E-state index in [0.717, 1.165) is 65.8 Å². The molecule has 8 nitrogen and oxygen atoms in total. The lowest BCUT2D eigenvalue weighted by Gasteiger charge is -2.32. The SMILES string of the molecule is COCCNC(=O)c1ccc2nn(CC3CCN(C(=O)c4ccc(-c5ccc(OC)cc5)cc4)CC3)cc2c1C. The van der Waals surface area contributed by atoms with Gasteiger partial charge in [0, 0.05) is 56.0 Å². The minimum atomic E-state index is -0.100. The predicted octanol–water partition coefficient (Wildman–Crippen LogP) is 4.95. The summed E-state index contributed by atoms with van der Waals surface area (Å²) >= 11 is 0. The number of hydrogen-bond acceptors (Lipinski definition) is 5. The fourth-order valence-electron chi connectivity index (χ4n) is 5.34. The number of likely N-dealkylation sites (tertiary alicyclic amines) is 1. The number of carbonyl (C=O) groups is 2. The molecule has 0 atom stereocenters. The Morgan fingerprint density at radius 2 is 1.62 bits per heavy atom. The molecule has 0 aliphatic carbocycles. The molecule has 208 valence electrons. The summed E-state index contributed by atoms with van der Waals surface area (Å²) in [5.41, 5.74) is 5.34. The van der Waals surface area contributed by atoms with Crippen LogP contribution in [-0.4, -0.2) is 67.0 Å². The molecular weight excluding hydrogens is 504 g/mol.